The first kappa shape index (κ1) is 16.8. The molecular weight excluding hydrogens is 333 g/mol. The molecule has 0 radical (unpaired) electrons. The lowest BCUT2D eigenvalue weighted by Gasteiger charge is -2.09. The number of aromatic nitrogens is 2. The molecule has 6 nitrogen and oxygen atoms in total. The van der Waals surface area contributed by atoms with Crippen LogP contribution in [0.2, 0.25) is 0 Å². The molecule has 1 aliphatic carbocycles. The zero-order chi connectivity index (χ0) is 17.2. The average Bonchev–Trinajstić information content (AvgIpc) is 2.96. The third-order valence-electron chi connectivity index (χ3n) is 3.97. The van der Waals surface area contributed by atoms with Gasteiger partial charge in [0, 0.05) is 18.2 Å². The van der Waals surface area contributed by atoms with E-state index in [0.29, 0.717) is 0 Å². The highest BCUT2D eigenvalue weighted by Gasteiger charge is 2.16. The number of rotatable bonds is 6. The summed E-state index contributed by atoms with van der Waals surface area (Å²) in [6, 6.07) is 7.32. The minimum atomic E-state index is -3.68. The summed E-state index contributed by atoms with van der Waals surface area (Å²) < 4.78 is 41.3. The van der Waals surface area contributed by atoms with Crippen molar-refractivity contribution in [3.63, 3.8) is 0 Å². The van der Waals surface area contributed by atoms with Crippen LogP contribution in [0.5, 0.6) is 0 Å². The predicted octanol–water partition coefficient (Wildman–Crippen LogP) is 0.991. The van der Waals surface area contributed by atoms with Gasteiger partial charge in [-0.15, -0.1) is 0 Å². The van der Waals surface area contributed by atoms with E-state index in [1.54, 1.807) is 12.1 Å². The molecule has 128 valence electrons. The zero-order valence-electron chi connectivity index (χ0n) is 13.0. The van der Waals surface area contributed by atoms with Gasteiger partial charge in [0.25, 0.3) is 5.56 Å². The lowest BCUT2D eigenvalue weighted by Crippen LogP contribution is -2.33. The topological polar surface area (TPSA) is 81.1 Å². The van der Waals surface area contributed by atoms with Crippen LogP contribution in [0.4, 0.5) is 4.39 Å². The van der Waals surface area contributed by atoms with E-state index in [0.717, 1.165) is 30.5 Å². The molecule has 24 heavy (non-hydrogen) atoms. The molecule has 0 atom stereocenters. The third kappa shape index (κ3) is 3.88. The fourth-order valence-electron chi connectivity index (χ4n) is 2.78. The van der Waals surface area contributed by atoms with Gasteiger partial charge in [0.1, 0.15) is 5.82 Å². The predicted molar refractivity (Wildman–Crippen MR) is 87.5 cm³/mol. The Balaban J connectivity index is 1.62. The maximum atomic E-state index is 13.5. The Morgan fingerprint density at radius 3 is 2.83 bits per heavy atom. The quantitative estimate of drug-likeness (QED) is 0.842. The molecule has 0 amide bonds. The molecular formula is C16H18FN3O3S. The molecule has 0 aliphatic heterocycles. The van der Waals surface area contributed by atoms with E-state index >= 15 is 0 Å². The summed E-state index contributed by atoms with van der Waals surface area (Å²) in [5, 5.41) is 4.28. The van der Waals surface area contributed by atoms with Crippen molar-refractivity contribution in [3.05, 3.63) is 63.3 Å². The van der Waals surface area contributed by atoms with Crippen LogP contribution in [-0.2, 0) is 35.2 Å². The summed E-state index contributed by atoms with van der Waals surface area (Å²) in [6.07, 6.45) is 2.70. The SMILES string of the molecule is O=c1cc2c(nn1CCNS(=O)(=O)Cc1ccccc1F)CCC2. The van der Waals surface area contributed by atoms with Crippen LogP contribution in [0.15, 0.2) is 35.1 Å². The summed E-state index contributed by atoms with van der Waals surface area (Å²) in [4.78, 5) is 11.9. The third-order valence-corrected chi connectivity index (χ3v) is 5.31. The van der Waals surface area contributed by atoms with Crippen LogP contribution in [0.1, 0.15) is 23.2 Å². The monoisotopic (exact) mass is 351 g/mol. The van der Waals surface area contributed by atoms with Crippen LogP contribution in [0.3, 0.4) is 0 Å². The number of nitrogens with zero attached hydrogens (tertiary/aromatic N) is 2. The molecule has 0 bridgehead atoms. The lowest BCUT2D eigenvalue weighted by atomic mass is 10.2. The number of hydrogen-bond acceptors (Lipinski definition) is 4. The molecule has 2 aromatic rings. The highest BCUT2D eigenvalue weighted by Crippen LogP contribution is 2.16. The van der Waals surface area contributed by atoms with Gasteiger partial charge in [-0.1, -0.05) is 18.2 Å². The van der Waals surface area contributed by atoms with Gasteiger partial charge in [0.05, 0.1) is 18.0 Å². The smallest absolute Gasteiger partial charge is 0.267 e. The second-order valence-corrected chi connectivity index (χ2v) is 7.58. The van der Waals surface area contributed by atoms with Crippen molar-refractivity contribution >= 4 is 10.0 Å². The van der Waals surface area contributed by atoms with Gasteiger partial charge in [-0.05, 0) is 30.9 Å². The fourth-order valence-corrected chi connectivity index (χ4v) is 3.93. The average molecular weight is 351 g/mol. The number of aryl methyl sites for hydroxylation is 2. The molecule has 0 saturated carbocycles. The summed E-state index contributed by atoms with van der Waals surface area (Å²) in [7, 11) is -3.68. The first-order valence-electron chi connectivity index (χ1n) is 7.75. The lowest BCUT2D eigenvalue weighted by molar-refractivity contribution is 0.540. The molecule has 1 heterocycles. The maximum Gasteiger partial charge on any atom is 0.267 e. The molecule has 0 fully saturated rings. The molecule has 1 aromatic carbocycles. The van der Waals surface area contributed by atoms with E-state index < -0.39 is 21.6 Å². The number of hydrogen-bond donors (Lipinski definition) is 1. The number of sulfonamides is 1. The zero-order valence-corrected chi connectivity index (χ0v) is 13.9. The molecule has 8 heteroatoms. The van der Waals surface area contributed by atoms with Crippen LogP contribution in [-0.4, -0.2) is 24.7 Å². The number of halogens is 1. The van der Waals surface area contributed by atoms with E-state index in [-0.39, 0.29) is 24.2 Å². The van der Waals surface area contributed by atoms with Crippen molar-refractivity contribution in [1.29, 1.82) is 0 Å². The van der Waals surface area contributed by atoms with Crippen LogP contribution in [0, 0.1) is 5.82 Å². The van der Waals surface area contributed by atoms with Gasteiger partial charge in [-0.3, -0.25) is 4.79 Å². The van der Waals surface area contributed by atoms with E-state index in [4.69, 9.17) is 0 Å². The maximum absolute atomic E-state index is 13.5. The van der Waals surface area contributed by atoms with Crippen molar-refractivity contribution in [2.24, 2.45) is 0 Å². The fraction of sp³-hybridized carbons (Fsp3) is 0.375. The second kappa shape index (κ2) is 6.82. The van der Waals surface area contributed by atoms with E-state index in [1.165, 1.54) is 22.9 Å². The minimum absolute atomic E-state index is 0.0302. The van der Waals surface area contributed by atoms with Gasteiger partial charge >= 0.3 is 0 Å². The molecule has 0 spiro atoms. The molecule has 1 aliphatic rings. The number of nitrogens with one attached hydrogen (secondary N) is 1. The van der Waals surface area contributed by atoms with E-state index in [9.17, 15) is 17.6 Å². The Bertz CT molecular complexity index is 909. The van der Waals surface area contributed by atoms with Crippen LogP contribution < -0.4 is 10.3 Å². The molecule has 0 unspecified atom stereocenters. The van der Waals surface area contributed by atoms with Gasteiger partial charge in [-0.2, -0.15) is 5.10 Å². The van der Waals surface area contributed by atoms with E-state index in [1.807, 2.05) is 0 Å². The Kier molecular flexibility index (Phi) is 4.77. The normalized spacial score (nSPS) is 13.9. The Hall–Kier alpha value is -2.06. The standard InChI is InChI=1S/C16H18FN3O3S/c17-14-6-2-1-4-13(14)11-24(22,23)18-8-9-20-16(21)10-12-5-3-7-15(12)19-20/h1-2,4,6,10,18H,3,5,7-9,11H2. The van der Waals surface area contributed by atoms with Gasteiger partial charge in [0.2, 0.25) is 10.0 Å². The minimum Gasteiger partial charge on any atom is -0.268 e. The Morgan fingerprint density at radius 1 is 1.25 bits per heavy atom. The first-order chi connectivity index (χ1) is 11.4. The van der Waals surface area contributed by atoms with Crippen molar-refractivity contribution < 1.29 is 12.8 Å². The van der Waals surface area contributed by atoms with Gasteiger partial charge < -0.3 is 0 Å². The van der Waals surface area contributed by atoms with Crippen molar-refractivity contribution in [2.75, 3.05) is 6.54 Å². The molecule has 1 aromatic heterocycles. The summed E-state index contributed by atoms with van der Waals surface area (Å²) in [6.45, 7) is 0.172. The largest absolute Gasteiger partial charge is 0.268 e. The summed E-state index contributed by atoms with van der Waals surface area (Å²) >= 11 is 0. The van der Waals surface area contributed by atoms with Crippen LogP contribution in [0.25, 0.3) is 0 Å². The second-order valence-electron chi connectivity index (χ2n) is 5.78. The van der Waals surface area contributed by atoms with Crippen molar-refractivity contribution in [1.82, 2.24) is 14.5 Å². The number of benzene rings is 1. The van der Waals surface area contributed by atoms with Gasteiger partial charge in [0.15, 0.2) is 0 Å². The first-order valence-corrected chi connectivity index (χ1v) is 9.40. The van der Waals surface area contributed by atoms with E-state index in [2.05, 4.69) is 9.82 Å². The van der Waals surface area contributed by atoms with Gasteiger partial charge in [-0.25, -0.2) is 22.2 Å². The van der Waals surface area contributed by atoms with Crippen molar-refractivity contribution in [2.45, 2.75) is 31.6 Å². The highest BCUT2D eigenvalue weighted by atomic mass is 32.2. The summed E-state index contributed by atoms with van der Waals surface area (Å²) in [5.41, 5.74) is 1.77. The molecule has 1 N–H and O–H groups in total. The number of fused-ring (bicyclic) bond motifs is 1. The Morgan fingerprint density at radius 2 is 2.04 bits per heavy atom. The van der Waals surface area contributed by atoms with Crippen LogP contribution >= 0.6 is 0 Å². The highest BCUT2D eigenvalue weighted by molar-refractivity contribution is 7.88. The van der Waals surface area contributed by atoms with Crippen molar-refractivity contribution in [3.8, 4) is 0 Å². The Labute approximate surface area is 139 Å². The molecule has 3 rings (SSSR count). The summed E-state index contributed by atoms with van der Waals surface area (Å²) in [5.74, 6) is -0.994. The molecule has 0 saturated heterocycles.